The van der Waals surface area contributed by atoms with Gasteiger partial charge in [-0.3, -0.25) is 0 Å². The Balaban J connectivity index is 2.29. The zero-order valence-electron chi connectivity index (χ0n) is 11.3. The molecule has 3 N–H and O–H groups in total. The van der Waals surface area contributed by atoms with Crippen LogP contribution in [0.1, 0.15) is 26.3 Å². The number of amides is 1. The van der Waals surface area contributed by atoms with Crippen molar-refractivity contribution in [1.82, 2.24) is 5.32 Å². The summed E-state index contributed by atoms with van der Waals surface area (Å²) < 4.78 is 5.13. The van der Waals surface area contributed by atoms with Crippen LogP contribution in [0, 0.1) is 0 Å². The third kappa shape index (κ3) is 6.25. The minimum absolute atomic E-state index is 0.111. The van der Waals surface area contributed by atoms with Gasteiger partial charge in [-0.25, -0.2) is 4.79 Å². The Kier molecular flexibility index (Phi) is 5.16. The molecule has 0 saturated heterocycles. The molecule has 0 unspecified atom stereocenters. The van der Waals surface area contributed by atoms with Gasteiger partial charge in [-0.1, -0.05) is 30.3 Å². The number of hydrogen-bond acceptors (Lipinski definition) is 3. The highest BCUT2D eigenvalue weighted by molar-refractivity contribution is 5.67. The van der Waals surface area contributed by atoms with Gasteiger partial charge >= 0.3 is 6.09 Å². The highest BCUT2D eigenvalue weighted by atomic mass is 16.6. The molecule has 0 spiro atoms. The normalized spacial score (nSPS) is 12.9. The summed E-state index contributed by atoms with van der Waals surface area (Å²) in [4.78, 5) is 11.4. The minimum Gasteiger partial charge on any atom is -0.444 e. The second-order valence-electron chi connectivity index (χ2n) is 5.33. The Morgan fingerprint density at radius 2 is 1.94 bits per heavy atom. The maximum atomic E-state index is 11.4. The Morgan fingerprint density at radius 3 is 2.50 bits per heavy atom. The maximum Gasteiger partial charge on any atom is 0.407 e. The van der Waals surface area contributed by atoms with Gasteiger partial charge in [-0.15, -0.1) is 0 Å². The first-order valence-corrected chi connectivity index (χ1v) is 6.13. The number of carbonyl (C=O) groups is 1. The van der Waals surface area contributed by atoms with E-state index in [0.29, 0.717) is 6.54 Å². The molecule has 0 radical (unpaired) electrons. The standard InChI is InChI=1S/C14H22N2O2/c1-14(2,3)18-13(17)16-10-12(15)9-11-7-5-4-6-8-11/h4-8,12H,9-10,15H2,1-3H3,(H,16,17)/t12-/m1/s1. The maximum absolute atomic E-state index is 11.4. The van der Waals surface area contributed by atoms with Crippen molar-refractivity contribution in [2.45, 2.75) is 38.8 Å². The molecule has 0 saturated carbocycles. The molecule has 4 heteroatoms. The first kappa shape index (κ1) is 14.5. The van der Waals surface area contributed by atoms with Crippen molar-refractivity contribution in [3.63, 3.8) is 0 Å². The quantitative estimate of drug-likeness (QED) is 0.860. The van der Waals surface area contributed by atoms with Gasteiger partial charge in [-0.05, 0) is 32.8 Å². The molecule has 1 atom stereocenters. The fourth-order valence-corrected chi connectivity index (χ4v) is 1.52. The Bertz CT molecular complexity index is 371. The van der Waals surface area contributed by atoms with E-state index in [1.165, 1.54) is 0 Å². The van der Waals surface area contributed by atoms with Crippen molar-refractivity contribution < 1.29 is 9.53 Å². The molecular formula is C14H22N2O2. The molecule has 0 bridgehead atoms. The van der Waals surface area contributed by atoms with Crippen LogP contribution >= 0.6 is 0 Å². The van der Waals surface area contributed by atoms with E-state index in [-0.39, 0.29) is 6.04 Å². The van der Waals surface area contributed by atoms with E-state index >= 15 is 0 Å². The van der Waals surface area contributed by atoms with Crippen molar-refractivity contribution in [2.75, 3.05) is 6.54 Å². The van der Waals surface area contributed by atoms with Gasteiger partial charge in [0.05, 0.1) is 0 Å². The van der Waals surface area contributed by atoms with Crippen LogP contribution in [0.15, 0.2) is 30.3 Å². The van der Waals surface area contributed by atoms with Gasteiger partial charge in [0.15, 0.2) is 0 Å². The Morgan fingerprint density at radius 1 is 1.33 bits per heavy atom. The number of rotatable bonds is 4. The summed E-state index contributed by atoms with van der Waals surface area (Å²) in [7, 11) is 0. The van der Waals surface area contributed by atoms with Crippen LogP contribution in [-0.4, -0.2) is 24.3 Å². The fourth-order valence-electron chi connectivity index (χ4n) is 1.52. The average Bonchev–Trinajstić information content (AvgIpc) is 2.25. The smallest absolute Gasteiger partial charge is 0.407 e. The average molecular weight is 250 g/mol. The van der Waals surface area contributed by atoms with Crippen molar-refractivity contribution in [3.8, 4) is 0 Å². The van der Waals surface area contributed by atoms with Crippen LogP contribution in [0.5, 0.6) is 0 Å². The largest absolute Gasteiger partial charge is 0.444 e. The highest BCUT2D eigenvalue weighted by Crippen LogP contribution is 2.06. The first-order chi connectivity index (χ1) is 8.37. The van der Waals surface area contributed by atoms with Crippen molar-refractivity contribution in [2.24, 2.45) is 5.73 Å². The predicted octanol–water partition coefficient (Wildman–Crippen LogP) is 2.08. The topological polar surface area (TPSA) is 64.3 Å². The summed E-state index contributed by atoms with van der Waals surface area (Å²) in [5, 5.41) is 2.67. The monoisotopic (exact) mass is 250 g/mol. The lowest BCUT2D eigenvalue weighted by Gasteiger charge is -2.20. The summed E-state index contributed by atoms with van der Waals surface area (Å²) in [6, 6.07) is 9.85. The molecule has 18 heavy (non-hydrogen) atoms. The molecule has 0 fully saturated rings. The molecular weight excluding hydrogens is 228 g/mol. The second kappa shape index (κ2) is 6.40. The summed E-state index contributed by atoms with van der Waals surface area (Å²) in [5.74, 6) is 0. The molecule has 1 aromatic rings. The molecule has 0 aliphatic heterocycles. The molecule has 100 valence electrons. The Labute approximate surface area is 109 Å². The van der Waals surface area contributed by atoms with Crippen LogP contribution in [0.3, 0.4) is 0 Å². The molecule has 1 amide bonds. The lowest BCUT2D eigenvalue weighted by atomic mass is 10.1. The van der Waals surface area contributed by atoms with Crippen molar-refractivity contribution in [1.29, 1.82) is 0 Å². The predicted molar refractivity (Wildman–Crippen MR) is 72.4 cm³/mol. The zero-order chi connectivity index (χ0) is 13.6. The summed E-state index contributed by atoms with van der Waals surface area (Å²) in [6.07, 6.45) is 0.308. The van der Waals surface area contributed by atoms with Gasteiger partial charge in [0.1, 0.15) is 5.60 Å². The summed E-state index contributed by atoms with van der Waals surface area (Å²) >= 11 is 0. The molecule has 1 aromatic carbocycles. The fraction of sp³-hybridized carbons (Fsp3) is 0.500. The summed E-state index contributed by atoms with van der Waals surface area (Å²) in [5.41, 5.74) is 6.63. The van der Waals surface area contributed by atoms with E-state index in [1.807, 2.05) is 51.1 Å². The van der Waals surface area contributed by atoms with Crippen molar-refractivity contribution in [3.05, 3.63) is 35.9 Å². The van der Waals surface area contributed by atoms with Crippen LogP contribution in [0.2, 0.25) is 0 Å². The number of ether oxygens (including phenoxy) is 1. The SMILES string of the molecule is CC(C)(C)OC(=O)NC[C@H](N)Cc1ccccc1. The van der Waals surface area contributed by atoms with Gasteiger partial charge in [0, 0.05) is 12.6 Å². The van der Waals surface area contributed by atoms with E-state index in [0.717, 1.165) is 12.0 Å². The molecule has 0 aliphatic carbocycles. The highest BCUT2D eigenvalue weighted by Gasteiger charge is 2.16. The molecule has 4 nitrogen and oxygen atoms in total. The van der Waals surface area contributed by atoms with E-state index < -0.39 is 11.7 Å². The van der Waals surface area contributed by atoms with Gasteiger partial charge in [0.2, 0.25) is 0 Å². The van der Waals surface area contributed by atoms with Crippen LogP contribution in [0.4, 0.5) is 4.79 Å². The summed E-state index contributed by atoms with van der Waals surface area (Å²) in [6.45, 7) is 5.90. The van der Waals surface area contributed by atoms with Gasteiger partial charge in [0.25, 0.3) is 0 Å². The number of nitrogens with one attached hydrogen (secondary N) is 1. The third-order valence-corrected chi connectivity index (χ3v) is 2.25. The van der Waals surface area contributed by atoms with Crippen LogP contribution in [0.25, 0.3) is 0 Å². The van der Waals surface area contributed by atoms with Crippen LogP contribution in [-0.2, 0) is 11.2 Å². The Hall–Kier alpha value is -1.55. The zero-order valence-corrected chi connectivity index (χ0v) is 11.3. The van der Waals surface area contributed by atoms with E-state index in [4.69, 9.17) is 10.5 Å². The van der Waals surface area contributed by atoms with E-state index in [1.54, 1.807) is 0 Å². The number of benzene rings is 1. The van der Waals surface area contributed by atoms with E-state index in [2.05, 4.69) is 5.32 Å². The van der Waals surface area contributed by atoms with Gasteiger partial charge in [-0.2, -0.15) is 0 Å². The molecule has 1 rings (SSSR count). The van der Waals surface area contributed by atoms with Gasteiger partial charge < -0.3 is 15.8 Å². The van der Waals surface area contributed by atoms with Crippen molar-refractivity contribution >= 4 is 6.09 Å². The molecule has 0 aromatic heterocycles. The lowest BCUT2D eigenvalue weighted by molar-refractivity contribution is 0.0524. The molecule has 0 heterocycles. The molecule has 0 aliphatic rings. The second-order valence-corrected chi connectivity index (χ2v) is 5.33. The number of alkyl carbamates (subject to hydrolysis) is 1. The third-order valence-electron chi connectivity index (χ3n) is 2.25. The number of hydrogen-bond donors (Lipinski definition) is 2. The number of nitrogens with two attached hydrogens (primary N) is 1. The number of carbonyl (C=O) groups excluding carboxylic acids is 1. The first-order valence-electron chi connectivity index (χ1n) is 6.13. The van der Waals surface area contributed by atoms with Crippen LogP contribution < -0.4 is 11.1 Å². The lowest BCUT2D eigenvalue weighted by Crippen LogP contribution is -2.41. The van der Waals surface area contributed by atoms with E-state index in [9.17, 15) is 4.79 Å². The minimum atomic E-state index is -0.479.